The Morgan fingerprint density at radius 3 is 0.583 bits per heavy atom. The molecule has 0 N–H and O–H groups in total. The van der Waals surface area contributed by atoms with E-state index in [1.807, 2.05) is 13.8 Å². The van der Waals surface area contributed by atoms with Crippen LogP contribution in [0.25, 0.3) is 0 Å². The van der Waals surface area contributed by atoms with Crippen molar-refractivity contribution in [2.45, 2.75) is 196 Å². The average Bonchev–Trinajstić information content (AvgIpc) is 3.40. The highest BCUT2D eigenvalue weighted by Gasteiger charge is 2.21. The average molecular weight is 1000 g/mol. The van der Waals surface area contributed by atoms with Gasteiger partial charge in [0.25, 0.3) is 0 Å². The van der Waals surface area contributed by atoms with Gasteiger partial charge in [-0.1, -0.05) is 194 Å². The second-order valence-electron chi connectivity index (χ2n) is 17.8. The van der Waals surface area contributed by atoms with Crippen LogP contribution in [0.15, 0.2) is 72.8 Å². The number of rotatable bonds is 36. The Balaban J connectivity index is 0.000000548. The zero-order chi connectivity index (χ0) is 52.9. The van der Waals surface area contributed by atoms with Crippen molar-refractivity contribution in [2.24, 2.45) is 0 Å². The highest BCUT2D eigenvalue weighted by atomic mass is 16.6. The van der Waals surface area contributed by atoms with Crippen molar-refractivity contribution >= 4 is 35.8 Å². The van der Waals surface area contributed by atoms with E-state index in [2.05, 4.69) is 27.7 Å². The number of benzene rings is 3. The predicted octanol–water partition coefficient (Wildman–Crippen LogP) is 15.5. The second kappa shape index (κ2) is 44.2. The third-order valence-corrected chi connectivity index (χ3v) is 11.5. The maximum atomic E-state index is 12.4. The van der Waals surface area contributed by atoms with Gasteiger partial charge in [-0.2, -0.15) is 0 Å². The van der Waals surface area contributed by atoms with E-state index in [-0.39, 0.29) is 22.3 Å². The number of carbonyl (C=O) groups excluding carboxylic acids is 6. The van der Waals surface area contributed by atoms with Crippen molar-refractivity contribution in [1.29, 1.82) is 0 Å². The van der Waals surface area contributed by atoms with Crippen LogP contribution in [0, 0.1) is 0 Å². The molecule has 0 aliphatic rings. The smallest absolute Gasteiger partial charge is 0.339 e. The molecule has 0 aliphatic carbocycles. The van der Waals surface area contributed by atoms with Crippen LogP contribution in [0.4, 0.5) is 0 Å². The molecular weight excluding hydrogens is 913 g/mol. The number of hydrogen-bond acceptors (Lipinski definition) is 12. The van der Waals surface area contributed by atoms with Crippen LogP contribution >= 0.6 is 0 Å². The van der Waals surface area contributed by atoms with Crippen molar-refractivity contribution in [3.8, 4) is 0 Å². The minimum Gasteiger partial charge on any atom is -0.462 e. The molecule has 0 fully saturated rings. The summed E-state index contributed by atoms with van der Waals surface area (Å²) in [6.45, 7) is 15.0. The first-order chi connectivity index (χ1) is 35.1. The molecule has 12 heteroatoms. The molecule has 0 unspecified atom stereocenters. The number of hydrogen-bond donors (Lipinski definition) is 0. The number of ether oxygens (including phenoxy) is 6. The Hall–Kier alpha value is -5.52. The third-order valence-electron chi connectivity index (χ3n) is 11.5. The molecule has 72 heavy (non-hydrogen) atoms. The summed E-state index contributed by atoms with van der Waals surface area (Å²) in [4.78, 5) is 73.0. The highest BCUT2D eigenvalue weighted by molar-refractivity contribution is 6.04. The van der Waals surface area contributed by atoms with Gasteiger partial charge in [0, 0.05) is 0 Å². The zero-order valence-corrected chi connectivity index (χ0v) is 45.0. The van der Waals surface area contributed by atoms with E-state index in [1.54, 1.807) is 72.8 Å². The van der Waals surface area contributed by atoms with Crippen LogP contribution in [0.3, 0.4) is 0 Å². The Kier molecular flexibility index (Phi) is 39.6. The lowest BCUT2D eigenvalue weighted by atomic mass is 10.1. The second-order valence-corrected chi connectivity index (χ2v) is 17.8. The normalized spacial score (nSPS) is 10.4. The van der Waals surface area contributed by atoms with Gasteiger partial charge < -0.3 is 28.4 Å². The summed E-state index contributed by atoms with van der Waals surface area (Å²) in [6, 6.07) is 20.0. The largest absolute Gasteiger partial charge is 0.462 e. The lowest BCUT2D eigenvalue weighted by molar-refractivity contribution is 0.0450. The van der Waals surface area contributed by atoms with Crippen LogP contribution in [0.2, 0.25) is 0 Å². The Labute approximate surface area is 433 Å². The van der Waals surface area contributed by atoms with Crippen LogP contribution in [0.1, 0.15) is 258 Å². The molecule has 0 amide bonds. The molecule has 12 nitrogen and oxygen atoms in total. The van der Waals surface area contributed by atoms with Gasteiger partial charge in [-0.15, -0.1) is 0 Å². The molecule has 0 spiro atoms. The first-order valence-corrected chi connectivity index (χ1v) is 27.4. The predicted molar refractivity (Wildman–Crippen MR) is 286 cm³/mol. The van der Waals surface area contributed by atoms with Gasteiger partial charge in [-0.25, -0.2) is 28.8 Å². The quantitative estimate of drug-likeness (QED) is 0.0309. The van der Waals surface area contributed by atoms with Crippen molar-refractivity contribution in [1.82, 2.24) is 0 Å². The van der Waals surface area contributed by atoms with E-state index in [4.69, 9.17) is 28.4 Å². The van der Waals surface area contributed by atoms with Crippen molar-refractivity contribution in [2.75, 3.05) is 39.6 Å². The minimum atomic E-state index is -0.471. The molecule has 0 saturated carbocycles. The van der Waals surface area contributed by atoms with E-state index < -0.39 is 35.8 Å². The number of esters is 6. The topological polar surface area (TPSA) is 158 Å². The summed E-state index contributed by atoms with van der Waals surface area (Å²) in [7, 11) is 0. The van der Waals surface area contributed by atoms with E-state index >= 15 is 0 Å². The molecule has 0 aromatic heterocycles. The van der Waals surface area contributed by atoms with Crippen LogP contribution in [-0.2, 0) is 28.4 Å². The molecule has 0 saturated heterocycles. The van der Waals surface area contributed by atoms with Gasteiger partial charge in [0.2, 0.25) is 0 Å². The highest BCUT2D eigenvalue weighted by Crippen LogP contribution is 2.17. The summed E-state index contributed by atoms with van der Waals surface area (Å²) in [5.41, 5.74) is 1.69. The molecule has 3 aromatic carbocycles. The summed E-state index contributed by atoms with van der Waals surface area (Å²) < 4.78 is 31.5. The lowest BCUT2D eigenvalue weighted by Gasteiger charge is -2.10. The van der Waals surface area contributed by atoms with E-state index in [9.17, 15) is 28.8 Å². The van der Waals surface area contributed by atoms with Crippen LogP contribution in [0.5, 0.6) is 0 Å². The van der Waals surface area contributed by atoms with Crippen molar-refractivity contribution < 1.29 is 57.2 Å². The molecule has 402 valence electrons. The molecule has 0 heterocycles. The molecule has 0 radical (unpaired) electrons. The standard InChI is InChI=1S/C24H38O4.C20H30O4.C16H22O4/c1-3-5-7-9-11-15-19-27-23(25)21-17-13-14-18-22(21)24(26)28-20-16-12-10-8-6-4-2;1-3-5-7-11-15-23-19(21)17-13-9-10-14-18(17)20(22)24-16-12-8-6-4-2;1-3-5-11-19-15(17)13-9-7-8-10-14(13)16(18)20-12-6-4-2/h13-14,17-18H,3-12,15-16,19-20H2,1-2H3;9-10,13-14H,3-8,11-12,15-16H2,1-2H3;7-10H,3-6,11-12H2,1-2H3. The van der Waals surface area contributed by atoms with Crippen LogP contribution < -0.4 is 0 Å². The van der Waals surface area contributed by atoms with Crippen molar-refractivity contribution in [3.05, 3.63) is 106 Å². The summed E-state index contributed by atoms with van der Waals surface area (Å²) in [5, 5.41) is 0. The third kappa shape index (κ3) is 29.7. The number of carbonyl (C=O) groups is 6. The van der Waals surface area contributed by atoms with Gasteiger partial charge in [0.05, 0.1) is 73.0 Å². The monoisotopic (exact) mass is 1000 g/mol. The lowest BCUT2D eigenvalue weighted by Crippen LogP contribution is -2.15. The fourth-order valence-electron chi connectivity index (χ4n) is 7.08. The van der Waals surface area contributed by atoms with E-state index in [1.165, 1.54) is 51.4 Å². The van der Waals surface area contributed by atoms with Gasteiger partial charge in [0.1, 0.15) is 0 Å². The van der Waals surface area contributed by atoms with E-state index in [0.29, 0.717) is 50.8 Å². The molecule has 0 aliphatic heterocycles. The SMILES string of the molecule is CCCCCCCCOC(=O)c1ccccc1C(=O)OCCCCCCCC.CCCCCCOC(=O)c1ccccc1C(=O)OCCCCCC.CCCCOC(=O)c1ccccc1C(=O)OCCCC. The van der Waals surface area contributed by atoms with Gasteiger partial charge in [0.15, 0.2) is 0 Å². The summed E-state index contributed by atoms with van der Waals surface area (Å²) >= 11 is 0. The van der Waals surface area contributed by atoms with Crippen LogP contribution in [-0.4, -0.2) is 75.5 Å². The molecular formula is C60H90O12. The zero-order valence-electron chi connectivity index (χ0n) is 45.0. The fourth-order valence-corrected chi connectivity index (χ4v) is 7.08. The van der Waals surface area contributed by atoms with Crippen molar-refractivity contribution in [3.63, 3.8) is 0 Å². The summed E-state index contributed by atoms with van der Waals surface area (Å²) in [6.07, 6.45) is 25.5. The molecule has 3 aromatic rings. The summed E-state index contributed by atoms with van der Waals surface area (Å²) in [5.74, 6) is -2.74. The molecule has 0 atom stereocenters. The number of unbranched alkanes of at least 4 members (excludes halogenated alkanes) is 18. The minimum absolute atomic E-state index is 0.269. The first kappa shape index (κ1) is 64.5. The fraction of sp³-hybridized carbons (Fsp3) is 0.600. The Morgan fingerprint density at radius 1 is 0.236 bits per heavy atom. The maximum Gasteiger partial charge on any atom is 0.339 e. The van der Waals surface area contributed by atoms with E-state index in [0.717, 1.165) is 103 Å². The molecule has 3 rings (SSSR count). The molecule has 0 bridgehead atoms. The first-order valence-electron chi connectivity index (χ1n) is 27.4. The van der Waals surface area contributed by atoms with Gasteiger partial charge in [-0.3, -0.25) is 0 Å². The van der Waals surface area contributed by atoms with Gasteiger partial charge in [-0.05, 0) is 74.9 Å². The Morgan fingerprint density at radius 2 is 0.389 bits per heavy atom. The maximum absolute atomic E-state index is 12.4. The Bertz CT molecular complexity index is 1790. The van der Waals surface area contributed by atoms with Gasteiger partial charge >= 0.3 is 35.8 Å².